The summed E-state index contributed by atoms with van der Waals surface area (Å²) in [6.45, 7) is 0. The zero-order valence-corrected chi connectivity index (χ0v) is 14.2. The van der Waals surface area contributed by atoms with E-state index in [0.717, 1.165) is 18.2 Å². The van der Waals surface area contributed by atoms with Gasteiger partial charge < -0.3 is 15.2 Å². The Morgan fingerprint density at radius 2 is 1.89 bits per heavy atom. The van der Waals surface area contributed by atoms with Crippen LogP contribution in [0.15, 0.2) is 36.4 Å². The van der Waals surface area contributed by atoms with E-state index in [9.17, 15) is 27.9 Å². The highest BCUT2D eigenvalue weighted by Crippen LogP contribution is 2.48. The number of ether oxygens (including phenoxy) is 1. The van der Waals surface area contributed by atoms with Gasteiger partial charge in [-0.25, -0.2) is 18.0 Å². The van der Waals surface area contributed by atoms with Crippen molar-refractivity contribution in [3.05, 3.63) is 65.0 Å². The van der Waals surface area contributed by atoms with Crippen LogP contribution >= 0.6 is 0 Å². The number of hydrogen-bond donors (Lipinski definition) is 2. The first-order chi connectivity index (χ1) is 12.8. The molecule has 1 fully saturated rings. The third-order valence-electron chi connectivity index (χ3n) is 4.53. The van der Waals surface area contributed by atoms with Gasteiger partial charge >= 0.3 is 5.97 Å². The minimum absolute atomic E-state index is 0.0410. The number of hydrogen-bond acceptors (Lipinski definition) is 3. The van der Waals surface area contributed by atoms with Gasteiger partial charge in [-0.3, -0.25) is 4.79 Å². The first-order valence-electron chi connectivity index (χ1n) is 8.13. The van der Waals surface area contributed by atoms with E-state index in [-0.39, 0.29) is 16.9 Å². The fraction of sp³-hybridized carbons (Fsp3) is 0.263. The van der Waals surface area contributed by atoms with Crippen molar-refractivity contribution in [2.45, 2.75) is 18.4 Å². The zero-order chi connectivity index (χ0) is 19.7. The third kappa shape index (κ3) is 3.89. The Morgan fingerprint density at radius 3 is 2.48 bits per heavy atom. The minimum Gasteiger partial charge on any atom is -0.494 e. The van der Waals surface area contributed by atoms with E-state index >= 15 is 0 Å². The van der Waals surface area contributed by atoms with Crippen LogP contribution in [0.1, 0.15) is 29.5 Å². The van der Waals surface area contributed by atoms with Crippen molar-refractivity contribution in [2.24, 2.45) is 5.92 Å². The van der Waals surface area contributed by atoms with Crippen LogP contribution in [0.5, 0.6) is 5.75 Å². The second-order valence-corrected chi connectivity index (χ2v) is 6.29. The molecule has 1 aliphatic rings. The number of nitrogens with one attached hydrogen (secondary N) is 1. The molecule has 3 rings (SSSR count). The molecule has 8 heteroatoms. The molecule has 142 valence electrons. The number of carbonyl (C=O) groups is 2. The molecule has 0 heterocycles. The van der Waals surface area contributed by atoms with Crippen LogP contribution in [-0.2, 0) is 9.59 Å². The summed E-state index contributed by atoms with van der Waals surface area (Å²) < 4.78 is 45.4. The lowest BCUT2D eigenvalue weighted by molar-refractivity contribution is -0.142. The maximum atomic E-state index is 13.8. The number of benzene rings is 2. The van der Waals surface area contributed by atoms with Gasteiger partial charge in [0.15, 0.2) is 17.6 Å². The van der Waals surface area contributed by atoms with Crippen molar-refractivity contribution in [2.75, 3.05) is 7.11 Å². The molecule has 5 nitrogen and oxygen atoms in total. The fourth-order valence-electron chi connectivity index (χ4n) is 3.03. The van der Waals surface area contributed by atoms with Gasteiger partial charge in [-0.1, -0.05) is 12.1 Å². The lowest BCUT2D eigenvalue weighted by atomic mass is 10.1. The van der Waals surface area contributed by atoms with E-state index in [1.807, 2.05) is 0 Å². The normalized spacial score (nSPS) is 19.3. The van der Waals surface area contributed by atoms with Crippen LogP contribution in [0.4, 0.5) is 13.2 Å². The molecule has 1 saturated carbocycles. The molecular formula is C19H16F3NO4. The highest BCUT2D eigenvalue weighted by atomic mass is 19.1. The van der Waals surface area contributed by atoms with E-state index in [1.165, 1.54) is 25.3 Å². The van der Waals surface area contributed by atoms with Crippen LogP contribution in [-0.4, -0.2) is 24.1 Å². The Bertz CT molecular complexity index is 903. The number of methoxy groups -OCH3 is 1. The average molecular weight is 379 g/mol. The number of amides is 1. The van der Waals surface area contributed by atoms with Gasteiger partial charge in [-0.05, 0) is 41.7 Å². The Kier molecular flexibility index (Phi) is 5.07. The number of rotatable bonds is 6. The maximum absolute atomic E-state index is 13.8. The quantitative estimate of drug-likeness (QED) is 0.809. The second-order valence-electron chi connectivity index (χ2n) is 6.29. The van der Waals surface area contributed by atoms with Crippen LogP contribution in [0.25, 0.3) is 0 Å². The molecule has 0 aromatic heterocycles. The molecule has 3 unspecified atom stereocenters. The topological polar surface area (TPSA) is 75.6 Å². The van der Waals surface area contributed by atoms with E-state index in [1.54, 1.807) is 0 Å². The van der Waals surface area contributed by atoms with Gasteiger partial charge in [-0.2, -0.15) is 0 Å². The molecule has 0 spiro atoms. The Hall–Kier alpha value is -3.03. The molecule has 2 N–H and O–H groups in total. The SMILES string of the molecule is COc1ccc(C(NC(=O)C2CC2c2ccc(F)cc2F)C(=O)O)cc1F. The molecule has 0 bridgehead atoms. The van der Waals surface area contributed by atoms with Crippen molar-refractivity contribution < 1.29 is 32.6 Å². The second kappa shape index (κ2) is 7.30. The highest BCUT2D eigenvalue weighted by molar-refractivity contribution is 5.88. The van der Waals surface area contributed by atoms with Crippen LogP contribution < -0.4 is 10.1 Å². The molecule has 27 heavy (non-hydrogen) atoms. The van der Waals surface area contributed by atoms with Gasteiger partial charge in [0.05, 0.1) is 7.11 Å². The molecular weight excluding hydrogens is 363 g/mol. The van der Waals surface area contributed by atoms with Crippen LogP contribution in [0.3, 0.4) is 0 Å². The molecule has 0 radical (unpaired) electrons. The molecule has 0 aliphatic heterocycles. The molecule has 3 atom stereocenters. The number of carbonyl (C=O) groups excluding carboxylic acids is 1. The minimum atomic E-state index is -1.46. The van der Waals surface area contributed by atoms with Crippen LogP contribution in [0, 0.1) is 23.4 Å². The summed E-state index contributed by atoms with van der Waals surface area (Å²) in [5.41, 5.74) is 0.248. The standard InChI is InChI=1S/C19H16F3NO4/c1-27-16-5-2-9(6-15(16)22)17(19(25)26)23-18(24)13-8-12(13)11-4-3-10(20)7-14(11)21/h2-7,12-13,17H,8H2,1H3,(H,23,24)(H,25,26). The smallest absolute Gasteiger partial charge is 0.330 e. The van der Waals surface area contributed by atoms with Crippen LogP contribution in [0.2, 0.25) is 0 Å². The van der Waals surface area contributed by atoms with Crippen molar-refractivity contribution in [3.63, 3.8) is 0 Å². The van der Waals surface area contributed by atoms with E-state index in [2.05, 4.69) is 5.32 Å². The summed E-state index contributed by atoms with van der Waals surface area (Å²) in [6.07, 6.45) is 0.317. The number of aliphatic carboxylic acids is 1. The highest BCUT2D eigenvalue weighted by Gasteiger charge is 2.46. The van der Waals surface area contributed by atoms with Crippen molar-refractivity contribution >= 4 is 11.9 Å². The van der Waals surface area contributed by atoms with E-state index in [4.69, 9.17) is 4.74 Å². The van der Waals surface area contributed by atoms with Gasteiger partial charge in [0.2, 0.25) is 5.91 Å². The Balaban J connectivity index is 1.73. The van der Waals surface area contributed by atoms with Crippen molar-refractivity contribution in [1.29, 1.82) is 0 Å². The predicted octanol–water partition coefficient (Wildman–Crippen LogP) is 3.16. The first-order valence-corrected chi connectivity index (χ1v) is 8.13. The molecule has 1 aliphatic carbocycles. The number of carboxylic acids is 1. The van der Waals surface area contributed by atoms with Gasteiger partial charge in [0, 0.05) is 12.0 Å². The lowest BCUT2D eigenvalue weighted by Gasteiger charge is -2.16. The summed E-state index contributed by atoms with van der Waals surface area (Å²) in [5.74, 6) is -5.31. The van der Waals surface area contributed by atoms with Gasteiger partial charge in [-0.15, -0.1) is 0 Å². The number of carboxylic acid groups (broad SMARTS) is 1. The van der Waals surface area contributed by atoms with Gasteiger partial charge in [0.1, 0.15) is 11.6 Å². The summed E-state index contributed by atoms with van der Waals surface area (Å²) in [5, 5.41) is 11.7. The van der Waals surface area contributed by atoms with Crippen molar-refractivity contribution in [3.8, 4) is 5.75 Å². The summed E-state index contributed by atoms with van der Waals surface area (Å²) in [4.78, 5) is 23.9. The zero-order valence-electron chi connectivity index (χ0n) is 14.2. The maximum Gasteiger partial charge on any atom is 0.330 e. The lowest BCUT2D eigenvalue weighted by Crippen LogP contribution is -2.35. The average Bonchev–Trinajstić information content (AvgIpc) is 3.39. The first kappa shape index (κ1) is 18.8. The Labute approximate surface area is 152 Å². The molecule has 1 amide bonds. The predicted molar refractivity (Wildman–Crippen MR) is 88.7 cm³/mol. The Morgan fingerprint density at radius 1 is 1.15 bits per heavy atom. The third-order valence-corrected chi connectivity index (χ3v) is 4.53. The van der Waals surface area contributed by atoms with Gasteiger partial charge in [0.25, 0.3) is 0 Å². The summed E-state index contributed by atoms with van der Waals surface area (Å²) >= 11 is 0. The monoisotopic (exact) mass is 379 g/mol. The number of halogens is 3. The fourth-order valence-corrected chi connectivity index (χ4v) is 3.03. The molecule has 0 saturated heterocycles. The van der Waals surface area contributed by atoms with E-state index < -0.39 is 47.2 Å². The molecule has 2 aromatic rings. The van der Waals surface area contributed by atoms with Crippen molar-refractivity contribution in [1.82, 2.24) is 5.32 Å². The largest absolute Gasteiger partial charge is 0.494 e. The van der Waals surface area contributed by atoms with E-state index in [0.29, 0.717) is 6.42 Å². The summed E-state index contributed by atoms with van der Waals surface area (Å²) in [6, 6.07) is 5.23. The molecule has 2 aromatic carbocycles. The summed E-state index contributed by atoms with van der Waals surface area (Å²) in [7, 11) is 1.27.